The number of rotatable bonds is 8. The van der Waals surface area contributed by atoms with Gasteiger partial charge in [-0.25, -0.2) is 0 Å². The zero-order chi connectivity index (χ0) is 22.3. The average Bonchev–Trinajstić information content (AvgIpc) is 2.67. The quantitative estimate of drug-likeness (QED) is 0.566. The molecule has 0 saturated heterocycles. The molecule has 0 heterocycles. The highest BCUT2D eigenvalue weighted by atomic mass is 35.5. The van der Waals surface area contributed by atoms with Crippen molar-refractivity contribution in [1.82, 2.24) is 10.2 Å². The van der Waals surface area contributed by atoms with Crippen LogP contribution in [0.2, 0.25) is 10.0 Å². The van der Waals surface area contributed by atoms with E-state index in [4.69, 9.17) is 23.2 Å². The summed E-state index contributed by atoms with van der Waals surface area (Å²) in [6.45, 7) is 7.94. The van der Waals surface area contributed by atoms with Crippen molar-refractivity contribution in [3.63, 3.8) is 0 Å². The predicted molar refractivity (Wildman–Crippen MR) is 124 cm³/mol. The van der Waals surface area contributed by atoms with Crippen molar-refractivity contribution in [2.75, 3.05) is 0 Å². The first kappa shape index (κ1) is 24.2. The van der Waals surface area contributed by atoms with E-state index in [9.17, 15) is 9.59 Å². The van der Waals surface area contributed by atoms with Gasteiger partial charge in [-0.2, -0.15) is 0 Å². The minimum atomic E-state index is -0.584. The number of hydrogen-bond donors (Lipinski definition) is 1. The van der Waals surface area contributed by atoms with Crippen LogP contribution in [0.1, 0.15) is 51.7 Å². The number of carbonyl (C=O) groups excluding carboxylic acids is 2. The lowest BCUT2D eigenvalue weighted by atomic mass is 10.0. The van der Waals surface area contributed by atoms with Crippen LogP contribution in [0.5, 0.6) is 0 Å². The van der Waals surface area contributed by atoms with E-state index in [2.05, 4.69) is 5.32 Å². The van der Waals surface area contributed by atoms with Gasteiger partial charge in [-0.15, -0.1) is 0 Å². The lowest BCUT2D eigenvalue weighted by Crippen LogP contribution is -2.53. The number of nitrogens with zero attached hydrogens (tertiary/aromatic N) is 1. The van der Waals surface area contributed by atoms with E-state index in [0.717, 1.165) is 11.1 Å². The van der Waals surface area contributed by atoms with Gasteiger partial charge in [0.25, 0.3) is 0 Å². The molecule has 0 saturated carbocycles. The summed E-state index contributed by atoms with van der Waals surface area (Å²) in [6, 6.07) is 14.5. The van der Waals surface area contributed by atoms with Gasteiger partial charge >= 0.3 is 0 Å². The van der Waals surface area contributed by atoms with Crippen molar-refractivity contribution in [2.24, 2.45) is 0 Å². The molecule has 0 aliphatic heterocycles. The van der Waals surface area contributed by atoms with Gasteiger partial charge < -0.3 is 10.2 Å². The van der Waals surface area contributed by atoms with Crippen LogP contribution in [0.25, 0.3) is 0 Å². The van der Waals surface area contributed by atoms with Crippen LogP contribution in [-0.2, 0) is 22.6 Å². The predicted octanol–water partition coefficient (Wildman–Crippen LogP) is 5.65. The molecule has 6 heteroatoms. The van der Waals surface area contributed by atoms with Gasteiger partial charge in [-0.05, 0) is 56.9 Å². The summed E-state index contributed by atoms with van der Waals surface area (Å²) >= 11 is 12.4. The van der Waals surface area contributed by atoms with Crippen molar-refractivity contribution in [2.45, 2.75) is 65.1 Å². The molecule has 30 heavy (non-hydrogen) atoms. The molecule has 2 aromatic carbocycles. The number of benzene rings is 2. The Morgan fingerprint density at radius 3 is 2.30 bits per heavy atom. The van der Waals surface area contributed by atoms with Gasteiger partial charge in [0, 0.05) is 28.5 Å². The van der Waals surface area contributed by atoms with Gasteiger partial charge in [0.05, 0.1) is 0 Å². The third-order valence-electron chi connectivity index (χ3n) is 4.71. The summed E-state index contributed by atoms with van der Waals surface area (Å²) in [6.07, 6.45) is 1.43. The summed E-state index contributed by atoms with van der Waals surface area (Å²) in [7, 11) is 0. The topological polar surface area (TPSA) is 49.4 Å². The highest BCUT2D eigenvalue weighted by molar-refractivity contribution is 6.35. The highest BCUT2D eigenvalue weighted by Crippen LogP contribution is 2.24. The molecule has 2 rings (SSSR count). The molecular formula is C24H30Cl2N2O2. The van der Waals surface area contributed by atoms with Crippen LogP contribution in [-0.4, -0.2) is 28.3 Å². The average molecular weight is 449 g/mol. The van der Waals surface area contributed by atoms with Gasteiger partial charge in [0.15, 0.2) is 0 Å². The first-order valence-electron chi connectivity index (χ1n) is 10.2. The highest BCUT2D eigenvalue weighted by Gasteiger charge is 2.30. The summed E-state index contributed by atoms with van der Waals surface area (Å²) in [5, 5.41) is 4.01. The van der Waals surface area contributed by atoms with E-state index in [1.54, 1.807) is 23.1 Å². The van der Waals surface area contributed by atoms with Gasteiger partial charge in [0.2, 0.25) is 11.8 Å². The second kappa shape index (κ2) is 10.8. The van der Waals surface area contributed by atoms with E-state index < -0.39 is 6.04 Å². The molecule has 0 unspecified atom stereocenters. The summed E-state index contributed by atoms with van der Waals surface area (Å²) < 4.78 is 0. The normalized spacial score (nSPS) is 12.3. The fourth-order valence-electron chi connectivity index (χ4n) is 3.25. The molecule has 0 spiro atoms. The minimum Gasteiger partial charge on any atom is -0.350 e. The third-order valence-corrected chi connectivity index (χ3v) is 5.30. The molecule has 2 aromatic rings. The maximum absolute atomic E-state index is 13.2. The van der Waals surface area contributed by atoms with Crippen LogP contribution in [0.3, 0.4) is 0 Å². The van der Waals surface area contributed by atoms with Crippen LogP contribution in [0.15, 0.2) is 48.5 Å². The van der Waals surface area contributed by atoms with Gasteiger partial charge in [-0.3, -0.25) is 9.59 Å². The van der Waals surface area contributed by atoms with Gasteiger partial charge in [-0.1, -0.05) is 66.5 Å². The zero-order valence-corrected chi connectivity index (χ0v) is 19.6. The van der Waals surface area contributed by atoms with Crippen molar-refractivity contribution in [3.05, 3.63) is 69.7 Å². The molecule has 0 aromatic heterocycles. The molecule has 1 atom stereocenters. The van der Waals surface area contributed by atoms with Crippen LogP contribution < -0.4 is 5.32 Å². The number of nitrogens with one attached hydrogen (secondary N) is 1. The number of halogens is 2. The lowest BCUT2D eigenvalue weighted by molar-refractivity contribution is -0.142. The fraction of sp³-hybridized carbons (Fsp3) is 0.417. The second-order valence-electron chi connectivity index (χ2n) is 8.41. The molecule has 0 radical (unpaired) electrons. The molecule has 1 N–H and O–H groups in total. The first-order chi connectivity index (χ1) is 14.1. The van der Waals surface area contributed by atoms with Crippen LogP contribution in [0.4, 0.5) is 0 Å². The molecule has 0 aliphatic rings. The largest absolute Gasteiger partial charge is 0.350 e. The Morgan fingerprint density at radius 1 is 1.07 bits per heavy atom. The Kier molecular flexibility index (Phi) is 8.75. The van der Waals surface area contributed by atoms with Crippen molar-refractivity contribution in [3.8, 4) is 0 Å². The molecular weight excluding hydrogens is 419 g/mol. The molecule has 2 amide bonds. The van der Waals surface area contributed by atoms with E-state index in [1.807, 2.05) is 58.0 Å². The van der Waals surface area contributed by atoms with E-state index in [0.29, 0.717) is 29.3 Å². The molecule has 0 bridgehead atoms. The zero-order valence-electron chi connectivity index (χ0n) is 18.0. The second-order valence-corrected chi connectivity index (χ2v) is 9.25. The smallest absolute Gasteiger partial charge is 0.243 e. The monoisotopic (exact) mass is 448 g/mol. The van der Waals surface area contributed by atoms with E-state index >= 15 is 0 Å². The minimum absolute atomic E-state index is 0.0826. The molecule has 4 nitrogen and oxygen atoms in total. The molecule has 0 fully saturated rings. The number of hydrogen-bond acceptors (Lipinski definition) is 2. The standard InChI is InChI=1S/C24H30Cl2N2O2/c1-5-21(23(30)27-24(2,3)4)28(16-18-12-13-19(25)15-20(18)26)22(29)14-11-17-9-7-6-8-10-17/h6-10,12-13,15,21H,5,11,14,16H2,1-4H3,(H,27,30)/t21-/m1/s1. The molecule has 162 valence electrons. The number of amides is 2. The number of aryl methyl sites for hydroxylation is 1. The third kappa shape index (κ3) is 7.33. The summed E-state index contributed by atoms with van der Waals surface area (Å²) in [4.78, 5) is 27.9. The summed E-state index contributed by atoms with van der Waals surface area (Å²) in [5.74, 6) is -0.246. The molecule has 0 aliphatic carbocycles. The maximum Gasteiger partial charge on any atom is 0.243 e. The number of carbonyl (C=O) groups is 2. The summed E-state index contributed by atoms with van der Waals surface area (Å²) in [5.41, 5.74) is 1.46. The van der Waals surface area contributed by atoms with E-state index in [1.165, 1.54) is 0 Å². The van der Waals surface area contributed by atoms with Gasteiger partial charge in [0.1, 0.15) is 6.04 Å². The lowest BCUT2D eigenvalue weighted by Gasteiger charge is -2.33. The van der Waals surface area contributed by atoms with Crippen molar-refractivity contribution < 1.29 is 9.59 Å². The Morgan fingerprint density at radius 2 is 1.73 bits per heavy atom. The van der Waals surface area contributed by atoms with Crippen molar-refractivity contribution >= 4 is 35.0 Å². The maximum atomic E-state index is 13.2. The fourth-order valence-corrected chi connectivity index (χ4v) is 3.71. The Labute approximate surface area is 189 Å². The van der Waals surface area contributed by atoms with Crippen LogP contribution >= 0.6 is 23.2 Å². The van der Waals surface area contributed by atoms with Crippen LogP contribution in [0, 0.1) is 0 Å². The Bertz CT molecular complexity index is 863. The SMILES string of the molecule is CC[C@H](C(=O)NC(C)(C)C)N(Cc1ccc(Cl)cc1Cl)C(=O)CCc1ccccc1. The first-order valence-corrected chi connectivity index (χ1v) is 11.0. The Hall–Kier alpha value is -2.04. The Balaban J connectivity index is 2.27. The van der Waals surface area contributed by atoms with E-state index in [-0.39, 0.29) is 23.9 Å². The van der Waals surface area contributed by atoms with Crippen molar-refractivity contribution in [1.29, 1.82) is 0 Å².